The van der Waals surface area contributed by atoms with Crippen LogP contribution in [0.3, 0.4) is 0 Å². The molecule has 0 bridgehead atoms. The zero-order chi connectivity index (χ0) is 26.1. The SMILES string of the molecule is COc1cc(C2C(=O)N(C3CCC(C)CC3)CC(=O)N2Cc2ccc3c(c2)OCO3)ccc1OC(C)C. The summed E-state index contributed by atoms with van der Waals surface area (Å²) in [5.41, 5.74) is 1.59. The Morgan fingerprint density at radius 1 is 0.973 bits per heavy atom. The van der Waals surface area contributed by atoms with E-state index in [9.17, 15) is 9.59 Å². The molecule has 2 aliphatic heterocycles. The fraction of sp³-hybridized carbons (Fsp3) is 0.517. The number of carbonyl (C=O) groups excluding carboxylic acids is 2. The molecule has 1 unspecified atom stereocenters. The van der Waals surface area contributed by atoms with Crippen molar-refractivity contribution in [3.8, 4) is 23.0 Å². The minimum atomic E-state index is -0.756. The quantitative estimate of drug-likeness (QED) is 0.540. The summed E-state index contributed by atoms with van der Waals surface area (Å²) in [6, 6.07) is 10.5. The molecule has 8 heteroatoms. The van der Waals surface area contributed by atoms with Gasteiger partial charge in [0.2, 0.25) is 12.7 Å². The number of ether oxygens (including phenoxy) is 4. The number of fused-ring (bicyclic) bond motifs is 1. The van der Waals surface area contributed by atoms with Crippen LogP contribution in [0, 0.1) is 5.92 Å². The van der Waals surface area contributed by atoms with Gasteiger partial charge in [-0.3, -0.25) is 9.59 Å². The lowest BCUT2D eigenvalue weighted by atomic mass is 9.85. The Labute approximate surface area is 218 Å². The van der Waals surface area contributed by atoms with Gasteiger partial charge in [0.15, 0.2) is 23.0 Å². The van der Waals surface area contributed by atoms with Gasteiger partial charge in [-0.25, -0.2) is 0 Å². The van der Waals surface area contributed by atoms with Crippen LogP contribution in [0.15, 0.2) is 36.4 Å². The van der Waals surface area contributed by atoms with Gasteiger partial charge in [-0.15, -0.1) is 0 Å². The molecular formula is C29H36N2O6. The van der Waals surface area contributed by atoms with E-state index in [0.717, 1.165) is 31.2 Å². The summed E-state index contributed by atoms with van der Waals surface area (Å²) >= 11 is 0. The summed E-state index contributed by atoms with van der Waals surface area (Å²) in [5.74, 6) is 3.03. The minimum absolute atomic E-state index is 0.0238. The predicted molar refractivity (Wildman–Crippen MR) is 138 cm³/mol. The Morgan fingerprint density at radius 2 is 1.73 bits per heavy atom. The van der Waals surface area contributed by atoms with Crippen molar-refractivity contribution >= 4 is 11.8 Å². The number of benzene rings is 2. The van der Waals surface area contributed by atoms with E-state index in [0.29, 0.717) is 34.5 Å². The van der Waals surface area contributed by atoms with Crippen LogP contribution in [0.25, 0.3) is 0 Å². The maximum atomic E-state index is 14.1. The Balaban J connectivity index is 1.49. The van der Waals surface area contributed by atoms with Gasteiger partial charge >= 0.3 is 0 Å². The highest BCUT2D eigenvalue weighted by Gasteiger charge is 2.43. The third-order valence-corrected chi connectivity index (χ3v) is 7.54. The van der Waals surface area contributed by atoms with E-state index in [1.165, 1.54) is 0 Å². The molecule has 3 aliphatic rings. The first-order chi connectivity index (χ1) is 17.8. The Bertz CT molecular complexity index is 1160. The first kappa shape index (κ1) is 25.2. The van der Waals surface area contributed by atoms with Crippen LogP contribution >= 0.6 is 0 Å². The largest absolute Gasteiger partial charge is 0.493 e. The van der Waals surface area contributed by atoms with Gasteiger partial charge in [-0.1, -0.05) is 19.1 Å². The maximum absolute atomic E-state index is 14.1. The summed E-state index contributed by atoms with van der Waals surface area (Å²) < 4.78 is 22.5. The molecule has 0 N–H and O–H groups in total. The lowest BCUT2D eigenvalue weighted by molar-refractivity contribution is -0.160. The number of rotatable bonds is 7. The van der Waals surface area contributed by atoms with Crippen molar-refractivity contribution in [2.24, 2.45) is 5.92 Å². The fourth-order valence-corrected chi connectivity index (χ4v) is 5.56. The van der Waals surface area contributed by atoms with Gasteiger partial charge in [0.1, 0.15) is 12.6 Å². The van der Waals surface area contributed by atoms with E-state index in [4.69, 9.17) is 18.9 Å². The zero-order valence-corrected chi connectivity index (χ0v) is 22.1. The van der Waals surface area contributed by atoms with Crippen LogP contribution in [0.2, 0.25) is 0 Å². The van der Waals surface area contributed by atoms with Crippen molar-refractivity contribution in [1.29, 1.82) is 0 Å². The van der Waals surface area contributed by atoms with E-state index in [1.807, 2.05) is 55.1 Å². The molecule has 198 valence electrons. The van der Waals surface area contributed by atoms with Crippen molar-refractivity contribution in [2.75, 3.05) is 20.4 Å². The average molecular weight is 509 g/mol. The molecule has 1 atom stereocenters. The van der Waals surface area contributed by atoms with Crippen LogP contribution in [0.5, 0.6) is 23.0 Å². The Morgan fingerprint density at radius 3 is 2.46 bits per heavy atom. The first-order valence-electron chi connectivity index (χ1n) is 13.2. The molecule has 5 rings (SSSR count). The summed E-state index contributed by atoms with van der Waals surface area (Å²) in [4.78, 5) is 31.3. The van der Waals surface area contributed by atoms with Crippen molar-refractivity contribution < 1.29 is 28.5 Å². The van der Waals surface area contributed by atoms with E-state index in [2.05, 4.69) is 6.92 Å². The highest BCUT2D eigenvalue weighted by atomic mass is 16.7. The maximum Gasteiger partial charge on any atom is 0.250 e. The highest BCUT2D eigenvalue weighted by Crippen LogP contribution is 2.39. The van der Waals surface area contributed by atoms with Gasteiger partial charge in [0.25, 0.3) is 5.91 Å². The molecular weight excluding hydrogens is 472 g/mol. The van der Waals surface area contributed by atoms with Crippen LogP contribution in [0.4, 0.5) is 0 Å². The molecule has 2 fully saturated rings. The smallest absolute Gasteiger partial charge is 0.250 e. The molecule has 2 heterocycles. The van der Waals surface area contributed by atoms with Crippen LogP contribution in [0.1, 0.15) is 63.6 Å². The molecule has 2 aromatic carbocycles. The molecule has 2 aromatic rings. The third kappa shape index (κ3) is 5.20. The van der Waals surface area contributed by atoms with Gasteiger partial charge in [-0.05, 0) is 80.8 Å². The number of hydrogen-bond donors (Lipinski definition) is 0. The lowest BCUT2D eigenvalue weighted by Gasteiger charge is -2.45. The zero-order valence-electron chi connectivity index (χ0n) is 22.1. The second kappa shape index (κ2) is 10.5. The molecule has 1 saturated carbocycles. The minimum Gasteiger partial charge on any atom is -0.493 e. The second-order valence-corrected chi connectivity index (χ2v) is 10.6. The van der Waals surface area contributed by atoms with Crippen LogP contribution < -0.4 is 18.9 Å². The number of methoxy groups -OCH3 is 1. The van der Waals surface area contributed by atoms with E-state index >= 15 is 0 Å². The molecule has 8 nitrogen and oxygen atoms in total. The molecule has 0 radical (unpaired) electrons. The Kier molecular flexibility index (Phi) is 7.17. The Hall–Kier alpha value is -3.42. The van der Waals surface area contributed by atoms with Crippen molar-refractivity contribution in [3.05, 3.63) is 47.5 Å². The highest BCUT2D eigenvalue weighted by molar-refractivity contribution is 5.96. The topological polar surface area (TPSA) is 77.5 Å². The molecule has 2 amide bonds. The standard InChI is InChI=1S/C29H36N2O6/c1-18(2)37-24-12-8-21(14-25(24)34-4)28-29(33)30(22-9-5-19(3)6-10-22)16-27(32)31(28)15-20-7-11-23-26(13-20)36-17-35-23/h7-8,11-14,18-19,22,28H,5-6,9-10,15-17H2,1-4H3. The van der Waals surface area contributed by atoms with Gasteiger partial charge in [0.05, 0.1) is 13.2 Å². The van der Waals surface area contributed by atoms with Gasteiger partial charge < -0.3 is 28.7 Å². The van der Waals surface area contributed by atoms with Crippen molar-refractivity contribution in [2.45, 2.75) is 71.2 Å². The molecule has 1 saturated heterocycles. The molecule has 0 aromatic heterocycles. The molecule has 1 aliphatic carbocycles. The summed E-state index contributed by atoms with van der Waals surface area (Å²) in [6.07, 6.45) is 3.98. The number of nitrogens with zero attached hydrogens (tertiary/aromatic N) is 2. The number of piperazine rings is 1. The van der Waals surface area contributed by atoms with E-state index in [-0.39, 0.29) is 43.8 Å². The third-order valence-electron chi connectivity index (χ3n) is 7.54. The predicted octanol–water partition coefficient (Wildman–Crippen LogP) is 4.70. The van der Waals surface area contributed by atoms with Gasteiger partial charge in [-0.2, -0.15) is 0 Å². The van der Waals surface area contributed by atoms with Crippen molar-refractivity contribution in [3.63, 3.8) is 0 Å². The van der Waals surface area contributed by atoms with E-state index < -0.39 is 6.04 Å². The molecule has 0 spiro atoms. The summed E-state index contributed by atoms with van der Waals surface area (Å²) in [7, 11) is 1.58. The normalized spacial score (nSPS) is 23.5. The number of amides is 2. The average Bonchev–Trinajstić information content (AvgIpc) is 3.35. The monoisotopic (exact) mass is 508 g/mol. The van der Waals surface area contributed by atoms with Crippen LogP contribution in [-0.2, 0) is 16.1 Å². The summed E-state index contributed by atoms with van der Waals surface area (Å²) in [6.45, 7) is 6.72. The van der Waals surface area contributed by atoms with Gasteiger partial charge in [0, 0.05) is 12.6 Å². The van der Waals surface area contributed by atoms with E-state index in [1.54, 1.807) is 12.0 Å². The first-order valence-corrected chi connectivity index (χ1v) is 13.2. The number of carbonyl (C=O) groups is 2. The summed E-state index contributed by atoms with van der Waals surface area (Å²) in [5, 5.41) is 0. The van der Waals surface area contributed by atoms with Crippen molar-refractivity contribution in [1.82, 2.24) is 9.80 Å². The number of hydrogen-bond acceptors (Lipinski definition) is 6. The lowest BCUT2D eigenvalue weighted by Crippen LogP contribution is -2.58. The fourth-order valence-electron chi connectivity index (χ4n) is 5.56. The molecule has 37 heavy (non-hydrogen) atoms. The van der Waals surface area contributed by atoms with Crippen LogP contribution in [-0.4, -0.2) is 54.2 Å². The second-order valence-electron chi connectivity index (χ2n) is 10.6.